The van der Waals surface area contributed by atoms with E-state index in [1.165, 1.54) is 0 Å². The van der Waals surface area contributed by atoms with Gasteiger partial charge in [-0.3, -0.25) is 0 Å². The second kappa shape index (κ2) is 4.81. The number of aliphatic hydroxyl groups is 1. The summed E-state index contributed by atoms with van der Waals surface area (Å²) in [5.74, 6) is 0. The van der Waals surface area contributed by atoms with Gasteiger partial charge in [-0.05, 0) is 12.8 Å². The lowest BCUT2D eigenvalue weighted by atomic mass is 10.2. The van der Waals surface area contributed by atoms with Crippen molar-refractivity contribution in [3.8, 4) is 0 Å². The Balaban J connectivity index is 1.96. The first-order valence-electron chi connectivity index (χ1n) is 5.57. The molecule has 0 aliphatic carbocycles. The summed E-state index contributed by atoms with van der Waals surface area (Å²) in [6, 6.07) is -0.0956. The van der Waals surface area contributed by atoms with Crippen molar-refractivity contribution in [3.05, 3.63) is 0 Å². The molecule has 1 atom stereocenters. The molecule has 5 heteroatoms. The lowest BCUT2D eigenvalue weighted by molar-refractivity contribution is -0.0137. The third-order valence-electron chi connectivity index (χ3n) is 3.06. The quantitative estimate of drug-likeness (QED) is 0.663. The first kappa shape index (κ1) is 10.7. The summed E-state index contributed by atoms with van der Waals surface area (Å²) in [5.41, 5.74) is 0. The maximum atomic E-state index is 12.1. The van der Waals surface area contributed by atoms with E-state index in [0.29, 0.717) is 19.8 Å². The molecule has 1 unspecified atom stereocenters. The lowest BCUT2D eigenvalue weighted by Gasteiger charge is -2.36. The number of carbonyl (C=O) groups excluding carboxylic acids is 1. The molecule has 0 aromatic heterocycles. The van der Waals surface area contributed by atoms with Crippen LogP contribution in [0.3, 0.4) is 0 Å². The highest BCUT2D eigenvalue weighted by molar-refractivity contribution is 5.75. The van der Waals surface area contributed by atoms with Gasteiger partial charge in [-0.2, -0.15) is 0 Å². The molecule has 2 amide bonds. The minimum absolute atomic E-state index is 0.0143. The molecule has 1 N–H and O–H groups in total. The Morgan fingerprint density at radius 3 is 2.73 bits per heavy atom. The predicted molar refractivity (Wildman–Crippen MR) is 54.6 cm³/mol. The van der Waals surface area contributed by atoms with Crippen molar-refractivity contribution >= 4 is 6.03 Å². The molecule has 0 saturated carbocycles. The van der Waals surface area contributed by atoms with Gasteiger partial charge in [-0.15, -0.1) is 0 Å². The summed E-state index contributed by atoms with van der Waals surface area (Å²) in [6.07, 6.45) is 2.19. The topological polar surface area (TPSA) is 53.0 Å². The van der Waals surface area contributed by atoms with Gasteiger partial charge in [0.2, 0.25) is 0 Å². The van der Waals surface area contributed by atoms with Gasteiger partial charge in [-0.1, -0.05) is 0 Å². The second-order valence-electron chi connectivity index (χ2n) is 4.08. The maximum absolute atomic E-state index is 12.1. The molecule has 0 aromatic carbocycles. The van der Waals surface area contributed by atoms with E-state index in [9.17, 15) is 4.79 Å². The van der Waals surface area contributed by atoms with Gasteiger partial charge in [0.1, 0.15) is 0 Å². The fourth-order valence-corrected chi connectivity index (χ4v) is 2.15. The van der Waals surface area contributed by atoms with Gasteiger partial charge >= 0.3 is 6.03 Å². The molecule has 0 bridgehead atoms. The summed E-state index contributed by atoms with van der Waals surface area (Å²) in [6.45, 7) is 3.33. The summed E-state index contributed by atoms with van der Waals surface area (Å²) in [7, 11) is 0. The van der Waals surface area contributed by atoms with Crippen LogP contribution in [0.4, 0.5) is 4.79 Å². The number of amides is 2. The van der Waals surface area contributed by atoms with E-state index in [2.05, 4.69) is 0 Å². The van der Waals surface area contributed by atoms with Crippen LogP contribution in [0, 0.1) is 0 Å². The summed E-state index contributed by atoms with van der Waals surface area (Å²) in [5, 5.41) is 9.16. The van der Waals surface area contributed by atoms with E-state index in [-0.39, 0.29) is 18.7 Å². The standard InChI is InChI=1S/C10H18N2O3/c13-7-9-8-15-6-5-12(9)10(14)11-3-1-2-4-11/h9,13H,1-8H2. The van der Waals surface area contributed by atoms with E-state index in [1.54, 1.807) is 4.90 Å². The Hall–Kier alpha value is -0.810. The maximum Gasteiger partial charge on any atom is 0.320 e. The molecular formula is C10H18N2O3. The monoisotopic (exact) mass is 214 g/mol. The van der Waals surface area contributed by atoms with Crippen LogP contribution in [0.25, 0.3) is 0 Å². The summed E-state index contributed by atoms with van der Waals surface area (Å²) in [4.78, 5) is 15.7. The van der Waals surface area contributed by atoms with Crippen molar-refractivity contribution in [1.29, 1.82) is 0 Å². The van der Waals surface area contributed by atoms with Gasteiger partial charge in [-0.25, -0.2) is 4.79 Å². The van der Waals surface area contributed by atoms with Gasteiger partial charge in [0.05, 0.1) is 25.9 Å². The molecule has 0 radical (unpaired) electrons. The highest BCUT2D eigenvalue weighted by Gasteiger charge is 2.30. The van der Waals surface area contributed by atoms with Crippen molar-refractivity contribution in [2.75, 3.05) is 39.5 Å². The number of hydrogen-bond donors (Lipinski definition) is 1. The summed E-state index contributed by atoms with van der Waals surface area (Å²) < 4.78 is 5.24. The number of ether oxygens (including phenoxy) is 1. The minimum atomic E-state index is -0.160. The number of nitrogens with zero attached hydrogens (tertiary/aromatic N) is 2. The molecule has 0 aromatic rings. The van der Waals surface area contributed by atoms with Crippen molar-refractivity contribution < 1.29 is 14.6 Å². The van der Waals surface area contributed by atoms with Crippen molar-refractivity contribution in [3.63, 3.8) is 0 Å². The zero-order chi connectivity index (χ0) is 10.7. The van der Waals surface area contributed by atoms with Crippen LogP contribution in [0.2, 0.25) is 0 Å². The van der Waals surface area contributed by atoms with Crippen molar-refractivity contribution in [2.45, 2.75) is 18.9 Å². The molecule has 2 aliphatic rings. The third kappa shape index (κ3) is 2.23. The normalized spacial score (nSPS) is 27.1. The second-order valence-corrected chi connectivity index (χ2v) is 4.08. The van der Waals surface area contributed by atoms with Crippen LogP contribution >= 0.6 is 0 Å². The van der Waals surface area contributed by atoms with E-state index in [4.69, 9.17) is 9.84 Å². The SMILES string of the molecule is O=C(N1CCCC1)N1CCOCC1CO. The Morgan fingerprint density at radius 2 is 2.07 bits per heavy atom. The number of carbonyl (C=O) groups is 1. The van der Waals surface area contributed by atoms with Crippen LogP contribution < -0.4 is 0 Å². The van der Waals surface area contributed by atoms with Crippen LogP contribution in [0.5, 0.6) is 0 Å². The molecule has 2 rings (SSSR count). The van der Waals surface area contributed by atoms with Gasteiger partial charge in [0.15, 0.2) is 0 Å². The first-order valence-corrected chi connectivity index (χ1v) is 5.57. The molecule has 86 valence electrons. The van der Waals surface area contributed by atoms with E-state index in [0.717, 1.165) is 25.9 Å². The summed E-state index contributed by atoms with van der Waals surface area (Å²) >= 11 is 0. The minimum Gasteiger partial charge on any atom is -0.394 e. The number of rotatable bonds is 1. The largest absolute Gasteiger partial charge is 0.394 e. The van der Waals surface area contributed by atoms with Crippen LogP contribution in [-0.4, -0.2) is 66.4 Å². The highest BCUT2D eigenvalue weighted by atomic mass is 16.5. The van der Waals surface area contributed by atoms with E-state index >= 15 is 0 Å². The van der Waals surface area contributed by atoms with Crippen LogP contribution in [0.15, 0.2) is 0 Å². The molecule has 0 spiro atoms. The van der Waals surface area contributed by atoms with E-state index in [1.807, 2.05) is 4.90 Å². The fraction of sp³-hybridized carbons (Fsp3) is 0.900. The van der Waals surface area contributed by atoms with Gasteiger partial charge in [0.25, 0.3) is 0 Å². The average molecular weight is 214 g/mol. The van der Waals surface area contributed by atoms with Crippen LogP contribution in [-0.2, 0) is 4.74 Å². The molecule has 2 saturated heterocycles. The van der Waals surface area contributed by atoms with E-state index < -0.39 is 0 Å². The number of urea groups is 1. The molecule has 2 heterocycles. The zero-order valence-corrected chi connectivity index (χ0v) is 8.89. The first-order chi connectivity index (χ1) is 7.33. The Labute approximate surface area is 89.6 Å². The van der Waals surface area contributed by atoms with Gasteiger partial charge in [0, 0.05) is 19.6 Å². The number of aliphatic hydroxyl groups excluding tert-OH is 1. The van der Waals surface area contributed by atoms with Crippen LogP contribution in [0.1, 0.15) is 12.8 Å². The Bertz CT molecular complexity index is 229. The highest BCUT2D eigenvalue weighted by Crippen LogP contribution is 2.14. The average Bonchev–Trinajstić information content (AvgIpc) is 2.81. The van der Waals surface area contributed by atoms with Crippen molar-refractivity contribution in [2.24, 2.45) is 0 Å². The fourth-order valence-electron chi connectivity index (χ4n) is 2.15. The number of hydrogen-bond acceptors (Lipinski definition) is 3. The lowest BCUT2D eigenvalue weighted by Crippen LogP contribution is -2.54. The van der Waals surface area contributed by atoms with Gasteiger partial charge < -0.3 is 19.6 Å². The third-order valence-corrected chi connectivity index (χ3v) is 3.06. The zero-order valence-electron chi connectivity index (χ0n) is 8.89. The number of morpholine rings is 1. The number of likely N-dealkylation sites (tertiary alicyclic amines) is 1. The molecule has 2 aliphatic heterocycles. The predicted octanol–water partition coefficient (Wildman–Crippen LogP) is -0.105. The van der Waals surface area contributed by atoms with Crippen molar-refractivity contribution in [1.82, 2.24) is 9.80 Å². The molecular weight excluding hydrogens is 196 g/mol. The Kier molecular flexibility index (Phi) is 3.43. The Morgan fingerprint density at radius 1 is 1.33 bits per heavy atom. The molecule has 2 fully saturated rings. The smallest absolute Gasteiger partial charge is 0.320 e. The molecule has 5 nitrogen and oxygen atoms in total. The molecule has 15 heavy (non-hydrogen) atoms.